The van der Waals surface area contributed by atoms with E-state index >= 15 is 0 Å². The minimum absolute atomic E-state index is 0.349. The Bertz CT molecular complexity index is 488. The van der Waals surface area contributed by atoms with E-state index in [0.29, 0.717) is 13.0 Å². The van der Waals surface area contributed by atoms with Gasteiger partial charge in [0.1, 0.15) is 5.60 Å². The third-order valence-corrected chi connectivity index (χ3v) is 2.33. The number of carbonyl (C=O) groups is 2. The zero-order chi connectivity index (χ0) is 15.2. The average Bonchev–Trinajstić information content (AvgIpc) is 2.35. The molecular weight excluding hydrogens is 262 g/mol. The lowest BCUT2D eigenvalue weighted by molar-refractivity contribution is -0.147. The van der Waals surface area contributed by atoms with Crippen LogP contribution >= 0.6 is 0 Å². The smallest absolute Gasteiger partial charge is 0.441 e. The number of carbonyl (C=O) groups excluding carboxylic acids is 2. The van der Waals surface area contributed by atoms with Crippen LogP contribution in [0.15, 0.2) is 18.2 Å². The van der Waals surface area contributed by atoms with Gasteiger partial charge in [0.2, 0.25) is 0 Å². The van der Waals surface area contributed by atoms with Crippen LogP contribution < -0.4 is 11.2 Å². The predicted molar refractivity (Wildman–Crippen MR) is 71.3 cm³/mol. The van der Waals surface area contributed by atoms with Gasteiger partial charge in [0.25, 0.3) is 0 Å². The highest BCUT2D eigenvalue weighted by atomic mass is 16.7. The number of hydrogen-bond acceptors (Lipinski definition) is 6. The van der Waals surface area contributed by atoms with Crippen LogP contribution in [0.5, 0.6) is 0 Å². The summed E-state index contributed by atoms with van der Waals surface area (Å²) >= 11 is 0. The second kappa shape index (κ2) is 6.85. The van der Waals surface area contributed by atoms with E-state index < -0.39 is 17.7 Å². The summed E-state index contributed by atoms with van der Waals surface area (Å²) in [7, 11) is 0. The molecule has 0 aliphatic rings. The first kappa shape index (κ1) is 15.9. The van der Waals surface area contributed by atoms with Crippen molar-refractivity contribution < 1.29 is 19.2 Å². The maximum absolute atomic E-state index is 11.4. The van der Waals surface area contributed by atoms with Gasteiger partial charge in [-0.15, -0.1) is 5.48 Å². The van der Waals surface area contributed by atoms with Crippen molar-refractivity contribution in [1.82, 2.24) is 10.5 Å². The number of hydrogen-bond donors (Lipinski definition) is 2. The monoisotopic (exact) mass is 281 g/mol. The minimum Gasteiger partial charge on any atom is -0.441 e. The molecule has 0 radical (unpaired) electrons. The van der Waals surface area contributed by atoms with E-state index in [1.54, 1.807) is 13.8 Å². The largest absolute Gasteiger partial charge is 0.441 e. The highest BCUT2D eigenvalue weighted by Gasteiger charge is 2.24. The van der Waals surface area contributed by atoms with Crippen molar-refractivity contribution >= 4 is 12.1 Å². The van der Waals surface area contributed by atoms with Crippen molar-refractivity contribution in [3.8, 4) is 0 Å². The van der Waals surface area contributed by atoms with Crippen LogP contribution in [-0.4, -0.2) is 22.6 Å². The molecule has 0 aliphatic carbocycles. The number of aromatic nitrogens is 1. The Morgan fingerprint density at radius 1 is 1.35 bits per heavy atom. The van der Waals surface area contributed by atoms with Gasteiger partial charge in [0.15, 0.2) is 0 Å². The molecule has 0 atom stereocenters. The van der Waals surface area contributed by atoms with Gasteiger partial charge in [0.05, 0.1) is 5.69 Å². The maximum Gasteiger partial charge on any atom is 0.441 e. The number of nitrogens with zero attached hydrogens (tertiary/aromatic N) is 1. The zero-order valence-corrected chi connectivity index (χ0v) is 11.8. The van der Waals surface area contributed by atoms with Crippen LogP contribution in [-0.2, 0) is 27.3 Å². The molecule has 0 aromatic carbocycles. The maximum atomic E-state index is 11.4. The van der Waals surface area contributed by atoms with Crippen LogP contribution in [0.1, 0.15) is 32.2 Å². The molecular formula is C13H19N3O4. The third-order valence-electron chi connectivity index (χ3n) is 2.33. The predicted octanol–water partition coefficient (Wildman–Crippen LogP) is 1.07. The van der Waals surface area contributed by atoms with Crippen LogP contribution in [0.3, 0.4) is 0 Å². The lowest BCUT2D eigenvalue weighted by atomic mass is 10.0. The van der Waals surface area contributed by atoms with Crippen molar-refractivity contribution in [2.45, 2.75) is 39.3 Å². The molecule has 0 saturated carbocycles. The van der Waals surface area contributed by atoms with E-state index in [1.165, 1.54) is 6.92 Å². The molecule has 7 nitrogen and oxygen atoms in total. The molecule has 1 heterocycles. The minimum atomic E-state index is -0.833. The molecule has 1 amide bonds. The number of nitrogens with two attached hydrogens (primary N) is 1. The van der Waals surface area contributed by atoms with Crippen LogP contribution in [0.2, 0.25) is 0 Å². The first-order valence-corrected chi connectivity index (χ1v) is 6.13. The summed E-state index contributed by atoms with van der Waals surface area (Å²) in [5.41, 5.74) is 8.15. The van der Waals surface area contributed by atoms with Crippen LogP contribution in [0.25, 0.3) is 0 Å². The molecule has 0 aliphatic heterocycles. The fraction of sp³-hybridized carbons (Fsp3) is 0.462. The molecule has 110 valence electrons. The van der Waals surface area contributed by atoms with Crippen molar-refractivity contribution in [3.05, 3.63) is 29.6 Å². The summed E-state index contributed by atoms with van der Waals surface area (Å²) < 4.78 is 5.17. The van der Waals surface area contributed by atoms with Gasteiger partial charge in [-0.1, -0.05) is 6.07 Å². The Labute approximate surface area is 117 Å². The Balaban J connectivity index is 2.59. The SMILES string of the molecule is CC(=O)ONC(=O)OC(C)(C)Cc1cccc(CN)n1. The molecule has 20 heavy (non-hydrogen) atoms. The summed E-state index contributed by atoms with van der Waals surface area (Å²) in [6, 6.07) is 5.50. The lowest BCUT2D eigenvalue weighted by Gasteiger charge is -2.24. The number of ether oxygens (including phenoxy) is 1. The second-order valence-corrected chi connectivity index (χ2v) is 4.85. The highest BCUT2D eigenvalue weighted by Crippen LogP contribution is 2.16. The molecule has 1 aromatic heterocycles. The second-order valence-electron chi connectivity index (χ2n) is 4.85. The van der Waals surface area contributed by atoms with Gasteiger partial charge in [-0.05, 0) is 26.0 Å². The molecule has 0 saturated heterocycles. The number of rotatable bonds is 4. The Hall–Kier alpha value is -2.15. The van der Waals surface area contributed by atoms with Crippen molar-refractivity contribution in [2.24, 2.45) is 5.73 Å². The van der Waals surface area contributed by atoms with Gasteiger partial charge in [-0.2, -0.15) is 0 Å². The van der Waals surface area contributed by atoms with Gasteiger partial charge in [0, 0.05) is 25.6 Å². The first-order chi connectivity index (χ1) is 9.32. The molecule has 3 N–H and O–H groups in total. The van der Waals surface area contributed by atoms with Gasteiger partial charge in [-0.3, -0.25) is 9.78 Å². The summed E-state index contributed by atoms with van der Waals surface area (Å²) in [6.07, 6.45) is -0.422. The number of nitrogens with one attached hydrogen (secondary N) is 1. The molecule has 0 fully saturated rings. The summed E-state index contributed by atoms with van der Waals surface area (Å²) in [4.78, 5) is 30.7. The summed E-state index contributed by atoms with van der Waals surface area (Å²) in [6.45, 7) is 4.99. The number of pyridine rings is 1. The zero-order valence-electron chi connectivity index (χ0n) is 11.8. The van der Waals surface area contributed by atoms with E-state index in [1.807, 2.05) is 23.7 Å². The summed E-state index contributed by atoms with van der Waals surface area (Å²) in [5, 5.41) is 0. The van der Waals surface area contributed by atoms with E-state index in [-0.39, 0.29) is 0 Å². The van der Waals surface area contributed by atoms with Crippen LogP contribution in [0.4, 0.5) is 4.79 Å². The average molecular weight is 281 g/mol. The van der Waals surface area contributed by atoms with Crippen molar-refractivity contribution in [3.63, 3.8) is 0 Å². The molecule has 1 aromatic rings. The fourth-order valence-electron chi connectivity index (χ4n) is 1.60. The molecule has 0 bridgehead atoms. The molecule has 7 heteroatoms. The molecule has 0 spiro atoms. The van der Waals surface area contributed by atoms with E-state index in [9.17, 15) is 9.59 Å². The lowest BCUT2D eigenvalue weighted by Crippen LogP contribution is -2.37. The van der Waals surface area contributed by atoms with Crippen LogP contribution in [0, 0.1) is 0 Å². The molecule has 1 rings (SSSR count). The standard InChI is InChI=1S/C13H19N3O4/c1-9(17)20-16-12(18)19-13(2,3)7-10-5-4-6-11(8-14)15-10/h4-6H,7-8,14H2,1-3H3,(H,16,18). The molecule has 0 unspecified atom stereocenters. The van der Waals surface area contributed by atoms with Gasteiger partial charge >= 0.3 is 12.1 Å². The Morgan fingerprint density at radius 2 is 2.00 bits per heavy atom. The first-order valence-electron chi connectivity index (χ1n) is 6.13. The van der Waals surface area contributed by atoms with Crippen molar-refractivity contribution in [1.29, 1.82) is 0 Å². The quantitative estimate of drug-likeness (QED) is 0.800. The fourth-order valence-corrected chi connectivity index (χ4v) is 1.60. The number of hydroxylamine groups is 1. The van der Waals surface area contributed by atoms with Gasteiger partial charge in [-0.25, -0.2) is 4.79 Å². The Morgan fingerprint density at radius 3 is 2.60 bits per heavy atom. The third kappa shape index (κ3) is 5.66. The van der Waals surface area contributed by atoms with Crippen molar-refractivity contribution in [2.75, 3.05) is 0 Å². The van der Waals surface area contributed by atoms with E-state index in [2.05, 4.69) is 9.82 Å². The normalized spacial score (nSPS) is 10.8. The van der Waals surface area contributed by atoms with E-state index in [4.69, 9.17) is 10.5 Å². The van der Waals surface area contributed by atoms with Gasteiger partial charge < -0.3 is 15.3 Å². The van der Waals surface area contributed by atoms with E-state index in [0.717, 1.165) is 11.4 Å². The highest BCUT2D eigenvalue weighted by molar-refractivity contribution is 5.71. The summed E-state index contributed by atoms with van der Waals surface area (Å²) in [5.74, 6) is -0.628. The number of amides is 1. The Kier molecular flexibility index (Phi) is 5.45. The topological polar surface area (TPSA) is 104 Å².